The molecule has 17 heavy (non-hydrogen) atoms. The fraction of sp³-hybridized carbons (Fsp3) is 0.929. The second-order valence-electron chi connectivity index (χ2n) is 6.01. The summed E-state index contributed by atoms with van der Waals surface area (Å²) in [4.78, 5) is 2.46. The van der Waals surface area contributed by atoms with E-state index < -0.39 is 0 Å². The van der Waals surface area contributed by atoms with Gasteiger partial charge >= 0.3 is 0 Å². The molecule has 0 radical (unpaired) electrons. The SMILES string of the molecule is CC1CCC(C#N)C(N2CCC(C(C)O)C2)C1. The maximum atomic E-state index is 9.65. The summed E-state index contributed by atoms with van der Waals surface area (Å²) in [5.74, 6) is 1.36. The number of rotatable bonds is 2. The summed E-state index contributed by atoms with van der Waals surface area (Å²) in [7, 11) is 0. The molecule has 1 saturated heterocycles. The molecule has 1 heterocycles. The fourth-order valence-corrected chi connectivity index (χ4v) is 3.42. The van der Waals surface area contributed by atoms with Gasteiger partial charge in [-0.1, -0.05) is 6.92 Å². The van der Waals surface area contributed by atoms with Crippen LogP contribution in [0.5, 0.6) is 0 Å². The normalized spacial score (nSPS) is 41.1. The summed E-state index contributed by atoms with van der Waals surface area (Å²) >= 11 is 0. The van der Waals surface area contributed by atoms with Crippen molar-refractivity contribution >= 4 is 0 Å². The third kappa shape index (κ3) is 2.81. The largest absolute Gasteiger partial charge is 0.393 e. The first-order chi connectivity index (χ1) is 8.11. The van der Waals surface area contributed by atoms with E-state index >= 15 is 0 Å². The standard InChI is InChI=1S/C14H24N2O/c1-10-3-4-12(8-15)14(7-10)16-6-5-13(9-16)11(2)17/h10-14,17H,3-7,9H2,1-2H3. The molecule has 1 aliphatic heterocycles. The predicted octanol–water partition coefficient (Wildman–Crippen LogP) is 2.02. The molecule has 0 bridgehead atoms. The fourth-order valence-electron chi connectivity index (χ4n) is 3.42. The molecule has 0 amide bonds. The Labute approximate surface area is 104 Å². The highest BCUT2D eigenvalue weighted by molar-refractivity contribution is 4.99. The molecule has 1 aliphatic carbocycles. The highest BCUT2D eigenvalue weighted by Gasteiger charge is 2.37. The predicted molar refractivity (Wildman–Crippen MR) is 67.3 cm³/mol. The van der Waals surface area contributed by atoms with Crippen LogP contribution in [0.25, 0.3) is 0 Å². The van der Waals surface area contributed by atoms with Gasteiger partial charge in [0.1, 0.15) is 0 Å². The average molecular weight is 236 g/mol. The van der Waals surface area contributed by atoms with Crippen molar-refractivity contribution in [1.82, 2.24) is 4.90 Å². The van der Waals surface area contributed by atoms with Gasteiger partial charge in [-0.2, -0.15) is 5.26 Å². The van der Waals surface area contributed by atoms with Crippen molar-refractivity contribution in [1.29, 1.82) is 5.26 Å². The second-order valence-corrected chi connectivity index (χ2v) is 6.01. The lowest BCUT2D eigenvalue weighted by atomic mass is 9.79. The quantitative estimate of drug-likeness (QED) is 0.798. The Bertz CT molecular complexity index is 297. The van der Waals surface area contributed by atoms with E-state index in [4.69, 9.17) is 0 Å². The lowest BCUT2D eigenvalue weighted by molar-refractivity contribution is 0.0979. The Morgan fingerprint density at radius 3 is 2.71 bits per heavy atom. The monoisotopic (exact) mass is 236 g/mol. The lowest BCUT2D eigenvalue weighted by Crippen LogP contribution is -2.43. The summed E-state index contributed by atoms with van der Waals surface area (Å²) in [6, 6.07) is 2.93. The molecular formula is C14H24N2O. The molecule has 0 aromatic heterocycles. The van der Waals surface area contributed by atoms with Gasteiger partial charge in [-0.3, -0.25) is 4.90 Å². The molecule has 1 saturated carbocycles. The maximum absolute atomic E-state index is 9.65. The zero-order chi connectivity index (χ0) is 12.4. The molecule has 5 atom stereocenters. The number of nitrogens with zero attached hydrogens (tertiary/aromatic N) is 2. The van der Waals surface area contributed by atoms with E-state index in [1.54, 1.807) is 0 Å². The average Bonchev–Trinajstić information content (AvgIpc) is 2.78. The third-order valence-corrected chi connectivity index (χ3v) is 4.65. The topological polar surface area (TPSA) is 47.3 Å². The van der Waals surface area contributed by atoms with Crippen LogP contribution in [-0.4, -0.2) is 35.2 Å². The molecule has 2 aliphatic rings. The van der Waals surface area contributed by atoms with E-state index in [1.807, 2.05) is 6.92 Å². The van der Waals surface area contributed by atoms with E-state index in [9.17, 15) is 10.4 Å². The van der Waals surface area contributed by atoms with Crippen LogP contribution in [0.3, 0.4) is 0 Å². The Hall–Kier alpha value is -0.590. The van der Waals surface area contributed by atoms with E-state index in [1.165, 1.54) is 6.42 Å². The summed E-state index contributed by atoms with van der Waals surface area (Å²) in [5.41, 5.74) is 0. The van der Waals surface area contributed by atoms with E-state index in [0.717, 1.165) is 38.3 Å². The molecule has 1 N–H and O–H groups in total. The number of aliphatic hydroxyl groups is 1. The van der Waals surface area contributed by atoms with Crippen molar-refractivity contribution in [3.63, 3.8) is 0 Å². The third-order valence-electron chi connectivity index (χ3n) is 4.65. The number of hydrogen-bond donors (Lipinski definition) is 1. The summed E-state index contributed by atoms with van der Waals surface area (Å²) in [6.45, 7) is 6.22. The van der Waals surface area contributed by atoms with Crippen molar-refractivity contribution in [3.05, 3.63) is 0 Å². The molecule has 2 rings (SSSR count). The van der Waals surface area contributed by atoms with Gasteiger partial charge in [0.2, 0.25) is 0 Å². The van der Waals surface area contributed by atoms with Gasteiger partial charge in [0.25, 0.3) is 0 Å². The molecular weight excluding hydrogens is 212 g/mol. The van der Waals surface area contributed by atoms with Crippen LogP contribution in [0, 0.1) is 29.1 Å². The van der Waals surface area contributed by atoms with Crippen LogP contribution in [0.15, 0.2) is 0 Å². The van der Waals surface area contributed by atoms with Crippen molar-refractivity contribution in [2.24, 2.45) is 17.8 Å². The van der Waals surface area contributed by atoms with Gasteiger partial charge in [0.05, 0.1) is 18.1 Å². The van der Waals surface area contributed by atoms with Crippen LogP contribution in [0.2, 0.25) is 0 Å². The molecule has 0 aromatic carbocycles. The number of nitriles is 1. The lowest BCUT2D eigenvalue weighted by Gasteiger charge is -2.37. The zero-order valence-corrected chi connectivity index (χ0v) is 11.0. The van der Waals surface area contributed by atoms with Crippen LogP contribution >= 0.6 is 0 Å². The minimum atomic E-state index is -0.207. The molecule has 0 spiro atoms. The molecule has 2 fully saturated rings. The van der Waals surface area contributed by atoms with Gasteiger partial charge in [-0.05, 0) is 51.0 Å². The van der Waals surface area contributed by atoms with Gasteiger partial charge in [0.15, 0.2) is 0 Å². The maximum Gasteiger partial charge on any atom is 0.0672 e. The van der Waals surface area contributed by atoms with Crippen molar-refractivity contribution in [3.8, 4) is 6.07 Å². The van der Waals surface area contributed by atoms with E-state index in [2.05, 4.69) is 17.9 Å². The Morgan fingerprint density at radius 2 is 2.12 bits per heavy atom. The molecule has 3 nitrogen and oxygen atoms in total. The van der Waals surface area contributed by atoms with E-state index in [0.29, 0.717) is 12.0 Å². The molecule has 5 unspecified atom stereocenters. The zero-order valence-electron chi connectivity index (χ0n) is 11.0. The highest BCUT2D eigenvalue weighted by Crippen LogP contribution is 2.34. The van der Waals surface area contributed by atoms with Gasteiger partial charge < -0.3 is 5.11 Å². The summed E-state index contributed by atoms with van der Waals surface area (Å²) in [5, 5.41) is 18.9. The highest BCUT2D eigenvalue weighted by atomic mass is 16.3. The first-order valence-corrected chi connectivity index (χ1v) is 6.93. The summed E-state index contributed by atoms with van der Waals surface area (Å²) < 4.78 is 0. The Morgan fingerprint density at radius 1 is 1.35 bits per heavy atom. The van der Waals surface area contributed by atoms with E-state index in [-0.39, 0.29) is 12.0 Å². The van der Waals surface area contributed by atoms with Crippen LogP contribution < -0.4 is 0 Å². The molecule has 96 valence electrons. The summed E-state index contributed by atoms with van der Waals surface area (Å²) in [6.07, 6.45) is 4.29. The minimum Gasteiger partial charge on any atom is -0.393 e. The van der Waals surface area contributed by atoms with Gasteiger partial charge in [-0.15, -0.1) is 0 Å². The smallest absolute Gasteiger partial charge is 0.0672 e. The number of likely N-dealkylation sites (tertiary alicyclic amines) is 1. The van der Waals surface area contributed by atoms with Crippen LogP contribution in [-0.2, 0) is 0 Å². The van der Waals surface area contributed by atoms with Crippen molar-refractivity contribution in [2.75, 3.05) is 13.1 Å². The van der Waals surface area contributed by atoms with Gasteiger partial charge in [-0.25, -0.2) is 0 Å². The Kier molecular flexibility index (Phi) is 4.06. The van der Waals surface area contributed by atoms with Crippen molar-refractivity contribution < 1.29 is 5.11 Å². The Balaban J connectivity index is 1.98. The van der Waals surface area contributed by atoms with Crippen LogP contribution in [0.4, 0.5) is 0 Å². The second kappa shape index (κ2) is 5.37. The van der Waals surface area contributed by atoms with Crippen molar-refractivity contribution in [2.45, 2.75) is 51.7 Å². The van der Waals surface area contributed by atoms with Crippen LogP contribution in [0.1, 0.15) is 39.5 Å². The minimum absolute atomic E-state index is 0.207. The van der Waals surface area contributed by atoms with Gasteiger partial charge in [0, 0.05) is 12.6 Å². The molecule has 0 aromatic rings. The number of hydrogen-bond acceptors (Lipinski definition) is 3. The number of aliphatic hydroxyl groups excluding tert-OH is 1. The molecule has 3 heteroatoms. The first-order valence-electron chi connectivity index (χ1n) is 6.93. The first kappa shape index (κ1) is 12.9.